The van der Waals surface area contributed by atoms with Crippen LogP contribution in [0.4, 0.5) is 4.39 Å². The molecule has 0 unspecified atom stereocenters. The highest BCUT2D eigenvalue weighted by Crippen LogP contribution is 2.32. The fraction of sp³-hybridized carbons (Fsp3) is 0.333. The first-order valence-electron chi connectivity index (χ1n) is 10.0. The lowest BCUT2D eigenvalue weighted by molar-refractivity contribution is -0.136. The van der Waals surface area contributed by atoms with Gasteiger partial charge in [0.05, 0.1) is 10.6 Å². The minimum Gasteiger partial charge on any atom is -0.488 e. The molecular formula is C24H26FNO3S. The van der Waals surface area contributed by atoms with Crippen molar-refractivity contribution in [3.63, 3.8) is 0 Å². The van der Waals surface area contributed by atoms with Gasteiger partial charge in [-0.1, -0.05) is 37.3 Å². The number of hydrogen-bond acceptors (Lipinski definition) is 4. The van der Waals surface area contributed by atoms with Crippen LogP contribution in [0.25, 0.3) is 11.3 Å². The van der Waals surface area contributed by atoms with Crippen LogP contribution < -0.4 is 4.74 Å². The van der Waals surface area contributed by atoms with Gasteiger partial charge in [0.2, 0.25) is 0 Å². The van der Waals surface area contributed by atoms with E-state index in [-0.39, 0.29) is 13.0 Å². The van der Waals surface area contributed by atoms with Crippen molar-refractivity contribution in [2.24, 2.45) is 0 Å². The molecule has 0 saturated heterocycles. The Bertz CT molecular complexity index is 1030. The van der Waals surface area contributed by atoms with Crippen molar-refractivity contribution in [3.05, 3.63) is 69.1 Å². The number of benzene rings is 2. The van der Waals surface area contributed by atoms with Gasteiger partial charge in [0.1, 0.15) is 19.0 Å². The van der Waals surface area contributed by atoms with E-state index in [1.807, 2.05) is 38.1 Å². The fourth-order valence-electron chi connectivity index (χ4n) is 3.39. The van der Waals surface area contributed by atoms with E-state index in [0.29, 0.717) is 11.3 Å². The van der Waals surface area contributed by atoms with E-state index in [1.165, 1.54) is 17.1 Å². The summed E-state index contributed by atoms with van der Waals surface area (Å²) in [5.41, 5.74) is 6.74. The number of carboxylic acids is 1. The highest BCUT2D eigenvalue weighted by atomic mass is 32.1. The fourth-order valence-corrected chi connectivity index (χ4v) is 4.12. The third kappa shape index (κ3) is 4.87. The van der Waals surface area contributed by atoms with Crippen molar-refractivity contribution in [1.82, 2.24) is 4.37 Å². The summed E-state index contributed by atoms with van der Waals surface area (Å²) < 4.78 is 24.1. The third-order valence-corrected chi connectivity index (χ3v) is 6.31. The standard InChI is InChI=1S/C24H26FNO3S/c1-4-17-5-7-19(8-6-17)24-20(22(13-25)30-26-24)14-29-21-11-9-18(10-12-23(27)28)15(2)16(21)3/h5-9,11H,4,10,12-14H2,1-3H3,(H,27,28). The molecule has 1 N–H and O–H groups in total. The van der Waals surface area contributed by atoms with Crippen molar-refractivity contribution >= 4 is 17.5 Å². The summed E-state index contributed by atoms with van der Waals surface area (Å²) in [7, 11) is 0. The van der Waals surface area contributed by atoms with E-state index >= 15 is 0 Å². The van der Waals surface area contributed by atoms with Gasteiger partial charge in [-0.3, -0.25) is 4.79 Å². The molecule has 0 aliphatic carbocycles. The highest BCUT2D eigenvalue weighted by molar-refractivity contribution is 7.06. The maximum atomic E-state index is 13.6. The van der Waals surface area contributed by atoms with Crippen LogP contribution in [0.2, 0.25) is 0 Å². The molecular weight excluding hydrogens is 401 g/mol. The normalized spacial score (nSPS) is 10.9. The Hall–Kier alpha value is -2.73. The number of aromatic nitrogens is 1. The molecule has 0 saturated carbocycles. The number of rotatable bonds is 9. The molecule has 1 aromatic heterocycles. The molecule has 6 heteroatoms. The topological polar surface area (TPSA) is 59.4 Å². The molecule has 3 aromatic rings. The van der Waals surface area contributed by atoms with Gasteiger partial charge in [-0.2, -0.15) is 4.37 Å². The molecule has 4 nitrogen and oxygen atoms in total. The van der Waals surface area contributed by atoms with Crippen LogP contribution in [-0.2, 0) is 30.9 Å². The number of hydrogen-bond donors (Lipinski definition) is 1. The molecule has 1 heterocycles. The summed E-state index contributed by atoms with van der Waals surface area (Å²) >= 11 is 1.17. The third-order valence-electron chi connectivity index (χ3n) is 5.46. The van der Waals surface area contributed by atoms with Gasteiger partial charge < -0.3 is 9.84 Å². The number of nitrogens with zero attached hydrogens (tertiary/aromatic N) is 1. The predicted octanol–water partition coefficient (Wildman–Crippen LogP) is 6.06. The molecule has 0 radical (unpaired) electrons. The zero-order valence-corrected chi connectivity index (χ0v) is 18.3. The number of carbonyl (C=O) groups is 1. The Morgan fingerprint density at radius 2 is 1.87 bits per heavy atom. The molecule has 0 amide bonds. The molecule has 0 aliphatic heterocycles. The van der Waals surface area contributed by atoms with Gasteiger partial charge >= 0.3 is 5.97 Å². The summed E-state index contributed by atoms with van der Waals surface area (Å²) in [6.07, 6.45) is 1.55. The Kier molecular flexibility index (Phi) is 7.21. The average molecular weight is 428 g/mol. The second-order valence-electron chi connectivity index (χ2n) is 7.27. The van der Waals surface area contributed by atoms with Crippen molar-refractivity contribution in [3.8, 4) is 17.0 Å². The van der Waals surface area contributed by atoms with Gasteiger partial charge in [0.15, 0.2) is 0 Å². The quantitative estimate of drug-likeness (QED) is 0.451. The number of aliphatic carboxylic acids is 1. The van der Waals surface area contributed by atoms with Crippen LogP contribution in [0, 0.1) is 13.8 Å². The number of alkyl halides is 1. The van der Waals surface area contributed by atoms with Gasteiger partial charge in [-0.15, -0.1) is 0 Å². The summed E-state index contributed by atoms with van der Waals surface area (Å²) in [6, 6.07) is 11.9. The van der Waals surface area contributed by atoms with E-state index in [2.05, 4.69) is 23.4 Å². The lowest BCUT2D eigenvalue weighted by Gasteiger charge is -2.15. The largest absolute Gasteiger partial charge is 0.488 e. The zero-order chi connectivity index (χ0) is 21.7. The molecule has 0 fully saturated rings. The minimum atomic E-state index is -0.810. The summed E-state index contributed by atoms with van der Waals surface area (Å²) in [5, 5.41) is 8.92. The van der Waals surface area contributed by atoms with Gasteiger partial charge in [0, 0.05) is 17.5 Å². The first kappa shape index (κ1) is 22.0. The maximum absolute atomic E-state index is 13.6. The van der Waals surface area contributed by atoms with Crippen LogP contribution in [-0.4, -0.2) is 15.4 Å². The van der Waals surface area contributed by atoms with E-state index in [1.54, 1.807) is 0 Å². The van der Waals surface area contributed by atoms with Gasteiger partial charge in [-0.05, 0) is 66.5 Å². The van der Waals surface area contributed by atoms with E-state index in [4.69, 9.17) is 9.84 Å². The SMILES string of the molecule is CCc1ccc(-c2nsc(CF)c2COc2ccc(CCC(=O)O)c(C)c2C)cc1. The van der Waals surface area contributed by atoms with Crippen LogP contribution in [0.5, 0.6) is 5.75 Å². The number of ether oxygens (including phenoxy) is 1. The molecule has 30 heavy (non-hydrogen) atoms. The first-order chi connectivity index (χ1) is 14.4. The van der Waals surface area contributed by atoms with Crippen LogP contribution in [0.1, 0.15) is 46.0 Å². The summed E-state index contributed by atoms with van der Waals surface area (Å²) in [6.45, 7) is 5.70. The maximum Gasteiger partial charge on any atom is 0.303 e. The van der Waals surface area contributed by atoms with Gasteiger partial charge in [-0.25, -0.2) is 4.39 Å². The summed E-state index contributed by atoms with van der Waals surface area (Å²) in [5.74, 6) is -0.0922. The number of carboxylic acid groups (broad SMARTS) is 1. The molecule has 0 bridgehead atoms. The predicted molar refractivity (Wildman–Crippen MR) is 118 cm³/mol. The van der Waals surface area contributed by atoms with Gasteiger partial charge in [0.25, 0.3) is 0 Å². The lowest BCUT2D eigenvalue weighted by atomic mass is 9.99. The Morgan fingerprint density at radius 1 is 1.13 bits per heavy atom. The van der Waals surface area contributed by atoms with Crippen molar-refractivity contribution < 1.29 is 19.0 Å². The van der Waals surface area contributed by atoms with Crippen LogP contribution in [0.15, 0.2) is 36.4 Å². The minimum absolute atomic E-state index is 0.0983. The average Bonchev–Trinajstić information content (AvgIpc) is 3.17. The lowest BCUT2D eigenvalue weighted by Crippen LogP contribution is -2.04. The molecule has 3 rings (SSSR count). The molecule has 158 valence electrons. The van der Waals surface area contributed by atoms with Crippen molar-refractivity contribution in [2.75, 3.05) is 0 Å². The number of aryl methyl sites for hydroxylation is 2. The molecule has 2 aromatic carbocycles. The molecule has 0 atom stereocenters. The molecule has 0 spiro atoms. The Balaban J connectivity index is 1.82. The first-order valence-corrected chi connectivity index (χ1v) is 10.8. The summed E-state index contributed by atoms with van der Waals surface area (Å²) in [4.78, 5) is 11.4. The van der Waals surface area contributed by atoms with Crippen LogP contribution >= 0.6 is 11.5 Å². The number of halogens is 1. The Labute approximate surface area is 180 Å². The highest BCUT2D eigenvalue weighted by Gasteiger charge is 2.17. The van der Waals surface area contributed by atoms with Crippen LogP contribution in [0.3, 0.4) is 0 Å². The van der Waals surface area contributed by atoms with Crippen molar-refractivity contribution in [2.45, 2.75) is 53.3 Å². The second kappa shape index (κ2) is 9.85. The smallest absolute Gasteiger partial charge is 0.303 e. The Morgan fingerprint density at radius 3 is 2.50 bits per heavy atom. The second-order valence-corrected chi connectivity index (χ2v) is 8.13. The van der Waals surface area contributed by atoms with Crippen molar-refractivity contribution in [1.29, 1.82) is 0 Å². The van der Waals surface area contributed by atoms with E-state index in [9.17, 15) is 9.18 Å². The van der Waals surface area contributed by atoms with E-state index < -0.39 is 12.6 Å². The monoisotopic (exact) mass is 427 g/mol. The van der Waals surface area contributed by atoms with E-state index in [0.717, 1.165) is 45.7 Å². The zero-order valence-electron chi connectivity index (χ0n) is 17.5. The molecule has 0 aliphatic rings.